The van der Waals surface area contributed by atoms with Crippen molar-refractivity contribution in [3.8, 4) is 0 Å². The standard InChI is InChI=1S/C14H20N4O2S/c1-5-20-14(19)13-12(6-9(2)3)18(17-16-13)7-11-8-21-10(4)15-11/h8-9H,5-7H2,1-4H3. The molecule has 0 unspecified atom stereocenters. The van der Waals surface area contributed by atoms with Gasteiger partial charge in [0.15, 0.2) is 5.69 Å². The van der Waals surface area contributed by atoms with Gasteiger partial charge in [0.2, 0.25) is 0 Å². The lowest BCUT2D eigenvalue weighted by Gasteiger charge is -2.09. The van der Waals surface area contributed by atoms with Gasteiger partial charge < -0.3 is 4.74 Å². The molecule has 2 heterocycles. The minimum Gasteiger partial charge on any atom is -0.461 e. The summed E-state index contributed by atoms with van der Waals surface area (Å²) in [5.41, 5.74) is 2.06. The Hall–Kier alpha value is -1.76. The van der Waals surface area contributed by atoms with Crippen LogP contribution in [0.3, 0.4) is 0 Å². The highest BCUT2D eigenvalue weighted by molar-refractivity contribution is 7.09. The highest BCUT2D eigenvalue weighted by Gasteiger charge is 2.21. The van der Waals surface area contributed by atoms with Crippen LogP contribution in [0.1, 0.15) is 47.7 Å². The van der Waals surface area contributed by atoms with Crippen molar-refractivity contribution in [3.05, 3.63) is 27.5 Å². The number of rotatable bonds is 6. The molecule has 6 nitrogen and oxygen atoms in total. The van der Waals surface area contributed by atoms with Crippen LogP contribution in [0.25, 0.3) is 0 Å². The zero-order valence-corrected chi connectivity index (χ0v) is 13.6. The summed E-state index contributed by atoms with van der Waals surface area (Å²) in [6, 6.07) is 0. The topological polar surface area (TPSA) is 69.9 Å². The van der Waals surface area contributed by atoms with Gasteiger partial charge in [0, 0.05) is 5.38 Å². The average molecular weight is 308 g/mol. The van der Waals surface area contributed by atoms with E-state index >= 15 is 0 Å². The zero-order valence-electron chi connectivity index (χ0n) is 12.8. The molecule has 2 aromatic rings. The number of thiazole rings is 1. The van der Waals surface area contributed by atoms with E-state index < -0.39 is 5.97 Å². The summed E-state index contributed by atoms with van der Waals surface area (Å²) >= 11 is 1.60. The third-order valence-corrected chi connectivity index (χ3v) is 3.71. The summed E-state index contributed by atoms with van der Waals surface area (Å²) in [6.45, 7) is 8.80. The van der Waals surface area contributed by atoms with Crippen LogP contribution in [0.2, 0.25) is 0 Å². The van der Waals surface area contributed by atoms with Crippen molar-refractivity contribution in [1.82, 2.24) is 20.0 Å². The largest absolute Gasteiger partial charge is 0.461 e. The maximum Gasteiger partial charge on any atom is 0.360 e. The molecule has 0 aromatic carbocycles. The van der Waals surface area contributed by atoms with E-state index in [0.717, 1.165) is 22.8 Å². The molecular weight excluding hydrogens is 288 g/mol. The second-order valence-corrected chi connectivity index (χ2v) is 6.28. The van der Waals surface area contributed by atoms with Gasteiger partial charge in [-0.25, -0.2) is 14.5 Å². The van der Waals surface area contributed by atoms with Gasteiger partial charge in [0.25, 0.3) is 0 Å². The van der Waals surface area contributed by atoms with Gasteiger partial charge >= 0.3 is 5.97 Å². The number of esters is 1. The van der Waals surface area contributed by atoms with E-state index in [1.54, 1.807) is 22.9 Å². The second-order valence-electron chi connectivity index (χ2n) is 5.22. The number of nitrogens with zero attached hydrogens (tertiary/aromatic N) is 4. The fourth-order valence-electron chi connectivity index (χ4n) is 2.04. The minimum absolute atomic E-state index is 0.317. The van der Waals surface area contributed by atoms with Crippen LogP contribution < -0.4 is 0 Å². The van der Waals surface area contributed by atoms with Crippen molar-refractivity contribution in [2.24, 2.45) is 5.92 Å². The van der Waals surface area contributed by atoms with Crippen LogP contribution in [0.15, 0.2) is 5.38 Å². The van der Waals surface area contributed by atoms with Crippen molar-refractivity contribution >= 4 is 17.3 Å². The monoisotopic (exact) mass is 308 g/mol. The van der Waals surface area contributed by atoms with E-state index in [9.17, 15) is 4.79 Å². The normalized spacial score (nSPS) is 11.1. The van der Waals surface area contributed by atoms with Gasteiger partial charge in [-0.05, 0) is 26.2 Å². The van der Waals surface area contributed by atoms with E-state index in [4.69, 9.17) is 4.74 Å². The average Bonchev–Trinajstić information content (AvgIpc) is 2.97. The van der Waals surface area contributed by atoms with Crippen LogP contribution in [0.4, 0.5) is 0 Å². The Balaban J connectivity index is 2.29. The van der Waals surface area contributed by atoms with E-state index in [0.29, 0.717) is 24.8 Å². The molecule has 2 aromatic heterocycles. The number of hydrogen-bond donors (Lipinski definition) is 0. The Labute approximate surface area is 128 Å². The summed E-state index contributed by atoms with van der Waals surface area (Å²) in [5.74, 6) is -0.0125. The Morgan fingerprint density at radius 2 is 2.24 bits per heavy atom. The first-order valence-corrected chi connectivity index (χ1v) is 7.89. The van der Waals surface area contributed by atoms with Crippen LogP contribution >= 0.6 is 11.3 Å². The predicted molar refractivity (Wildman–Crippen MR) is 80.5 cm³/mol. The van der Waals surface area contributed by atoms with Crippen molar-refractivity contribution < 1.29 is 9.53 Å². The third-order valence-electron chi connectivity index (χ3n) is 2.89. The molecule has 7 heteroatoms. The smallest absolute Gasteiger partial charge is 0.360 e. The van der Waals surface area contributed by atoms with Crippen LogP contribution in [-0.2, 0) is 17.7 Å². The number of carbonyl (C=O) groups is 1. The van der Waals surface area contributed by atoms with Gasteiger partial charge in [-0.1, -0.05) is 19.1 Å². The fourth-order valence-corrected chi connectivity index (χ4v) is 2.64. The number of aryl methyl sites for hydroxylation is 1. The van der Waals surface area contributed by atoms with Gasteiger partial charge in [-0.3, -0.25) is 0 Å². The van der Waals surface area contributed by atoms with E-state index in [2.05, 4.69) is 29.1 Å². The lowest BCUT2D eigenvalue weighted by molar-refractivity contribution is 0.0517. The quantitative estimate of drug-likeness (QED) is 0.767. The van der Waals surface area contributed by atoms with E-state index in [-0.39, 0.29) is 0 Å². The molecule has 0 amide bonds. The Kier molecular flexibility index (Phi) is 5.06. The highest BCUT2D eigenvalue weighted by Crippen LogP contribution is 2.16. The summed E-state index contributed by atoms with van der Waals surface area (Å²) in [4.78, 5) is 16.4. The first-order chi connectivity index (χ1) is 10.0. The molecule has 0 saturated heterocycles. The summed E-state index contributed by atoms with van der Waals surface area (Å²) in [5, 5.41) is 11.1. The molecule has 0 aliphatic carbocycles. The molecule has 0 aliphatic heterocycles. The van der Waals surface area contributed by atoms with Crippen LogP contribution in [0.5, 0.6) is 0 Å². The lowest BCUT2D eigenvalue weighted by Crippen LogP contribution is -2.13. The van der Waals surface area contributed by atoms with Crippen molar-refractivity contribution in [1.29, 1.82) is 0 Å². The molecule has 114 valence electrons. The Bertz CT molecular complexity index is 618. The summed E-state index contributed by atoms with van der Waals surface area (Å²) < 4.78 is 6.80. The molecular formula is C14H20N4O2S. The fraction of sp³-hybridized carbons (Fsp3) is 0.571. The van der Waals surface area contributed by atoms with E-state index in [1.165, 1.54) is 0 Å². The van der Waals surface area contributed by atoms with E-state index in [1.807, 2.05) is 12.3 Å². The molecule has 0 saturated carbocycles. The zero-order chi connectivity index (χ0) is 15.4. The number of carbonyl (C=O) groups excluding carboxylic acids is 1. The maximum absolute atomic E-state index is 12.0. The molecule has 2 rings (SSSR count). The van der Waals surface area contributed by atoms with Crippen molar-refractivity contribution in [2.45, 2.75) is 40.7 Å². The molecule has 0 spiro atoms. The lowest BCUT2D eigenvalue weighted by atomic mass is 10.1. The third kappa shape index (κ3) is 3.87. The number of aromatic nitrogens is 4. The van der Waals surface area contributed by atoms with Gasteiger partial charge in [0.05, 0.1) is 29.5 Å². The SMILES string of the molecule is CCOC(=O)c1nnn(Cc2csc(C)n2)c1CC(C)C. The predicted octanol–water partition coefficient (Wildman–Crippen LogP) is 2.47. The van der Waals surface area contributed by atoms with Gasteiger partial charge in [-0.15, -0.1) is 16.4 Å². The van der Waals surface area contributed by atoms with Crippen molar-refractivity contribution in [2.75, 3.05) is 6.61 Å². The molecule has 21 heavy (non-hydrogen) atoms. The molecule has 0 fully saturated rings. The molecule has 0 atom stereocenters. The molecule has 0 aliphatic rings. The molecule has 0 N–H and O–H groups in total. The second kappa shape index (κ2) is 6.80. The Morgan fingerprint density at radius 3 is 2.81 bits per heavy atom. The first-order valence-electron chi connectivity index (χ1n) is 7.01. The maximum atomic E-state index is 12.0. The number of hydrogen-bond acceptors (Lipinski definition) is 6. The summed E-state index contributed by atoms with van der Waals surface area (Å²) in [6.07, 6.45) is 0.726. The molecule has 0 radical (unpaired) electrons. The van der Waals surface area contributed by atoms with Crippen LogP contribution in [0, 0.1) is 12.8 Å². The first kappa shape index (κ1) is 15.6. The van der Waals surface area contributed by atoms with Gasteiger partial charge in [-0.2, -0.15) is 0 Å². The minimum atomic E-state index is -0.408. The Morgan fingerprint density at radius 1 is 1.48 bits per heavy atom. The highest BCUT2D eigenvalue weighted by atomic mass is 32.1. The summed E-state index contributed by atoms with van der Waals surface area (Å²) in [7, 11) is 0. The van der Waals surface area contributed by atoms with Gasteiger partial charge in [0.1, 0.15) is 0 Å². The number of ether oxygens (including phenoxy) is 1. The van der Waals surface area contributed by atoms with Crippen LogP contribution in [-0.4, -0.2) is 32.6 Å². The van der Waals surface area contributed by atoms with Crippen molar-refractivity contribution in [3.63, 3.8) is 0 Å². The molecule has 0 bridgehead atoms.